The zero-order valence-corrected chi connectivity index (χ0v) is 35.9. The van der Waals surface area contributed by atoms with Gasteiger partial charge in [-0.3, -0.25) is 0 Å². The molecule has 3 heteroatoms. The van der Waals surface area contributed by atoms with Gasteiger partial charge in [-0.05, 0) is 160 Å². The number of hydrogen-bond acceptors (Lipinski definition) is 2. The van der Waals surface area contributed by atoms with Gasteiger partial charge in [-0.25, -0.2) is 0 Å². The fourth-order valence-electron chi connectivity index (χ4n) is 16.3. The van der Waals surface area contributed by atoms with Gasteiger partial charge in [-0.2, -0.15) is 0 Å². The summed E-state index contributed by atoms with van der Waals surface area (Å²) in [6.07, 6.45) is 10.9. The van der Waals surface area contributed by atoms with Crippen LogP contribution in [0.25, 0.3) is 10.9 Å². The van der Waals surface area contributed by atoms with E-state index in [2.05, 4.69) is 114 Å². The van der Waals surface area contributed by atoms with Crippen molar-refractivity contribution in [2.24, 2.45) is 45.8 Å². The second kappa shape index (κ2) is 10.9. The molecule has 2 aliphatic heterocycles. The highest BCUT2D eigenvalue weighted by Crippen LogP contribution is 2.75. The van der Waals surface area contributed by atoms with Crippen LogP contribution in [0.4, 0.5) is 0 Å². The van der Waals surface area contributed by atoms with Crippen LogP contribution in [0.2, 0.25) is 0 Å². The predicted molar refractivity (Wildman–Crippen MR) is 217 cm³/mol. The van der Waals surface area contributed by atoms with Crippen LogP contribution in [0, 0.1) is 45.8 Å². The number of ether oxygens (including phenoxy) is 1. The third-order valence-corrected chi connectivity index (χ3v) is 18.3. The molecule has 0 radical (unpaired) electrons. The molecule has 2 aromatic rings. The van der Waals surface area contributed by atoms with Crippen molar-refractivity contribution in [3.63, 3.8) is 0 Å². The predicted octanol–water partition coefficient (Wildman–Crippen LogP) is 12.8. The summed E-state index contributed by atoms with van der Waals surface area (Å²) in [5.74, 6) is 3.45. The van der Waals surface area contributed by atoms with E-state index in [1.165, 1.54) is 50.4 Å². The van der Waals surface area contributed by atoms with E-state index in [9.17, 15) is 4.79 Å². The number of benzene rings is 1. The molecule has 3 heterocycles. The minimum absolute atomic E-state index is 0.0424. The molecule has 11 atom stereocenters. The summed E-state index contributed by atoms with van der Waals surface area (Å²) < 4.78 is 9.86. The molecule has 1 saturated heterocycles. The summed E-state index contributed by atoms with van der Waals surface area (Å²) in [7, 11) is 0. The lowest BCUT2D eigenvalue weighted by molar-refractivity contribution is -0.193. The molecular weight excluding hydrogens is 635 g/mol. The molecule has 52 heavy (non-hydrogen) atoms. The summed E-state index contributed by atoms with van der Waals surface area (Å²) in [6, 6.07) is 3.01. The largest absolute Gasteiger partial charge is 0.369 e. The molecule has 4 aliphatic carbocycles. The molecule has 1 aromatic heterocycles. The van der Waals surface area contributed by atoms with Crippen molar-refractivity contribution in [3.8, 4) is 0 Å². The zero-order chi connectivity index (χ0) is 38.1. The molecule has 0 spiro atoms. The average Bonchev–Trinajstić information content (AvgIpc) is 3.66. The number of carbonyl (C=O) groups is 1. The Balaban J connectivity index is 1.35. The molecule has 6 aliphatic rings. The van der Waals surface area contributed by atoms with Gasteiger partial charge in [-0.1, -0.05) is 81.4 Å². The maximum Gasteiger partial charge on any atom is 0.122 e. The Morgan fingerprint density at radius 3 is 2.33 bits per heavy atom. The topological polar surface area (TPSA) is 31.2 Å². The van der Waals surface area contributed by atoms with E-state index in [4.69, 9.17) is 11.3 Å². The highest BCUT2D eigenvalue weighted by atomic mass is 16.5. The molecule has 8 rings (SSSR count). The lowest BCUT2D eigenvalue weighted by atomic mass is 9.36. The Morgan fingerprint density at radius 1 is 1.02 bits per heavy atom. The number of carbonyl (C=O) groups excluding carboxylic acids is 1. The summed E-state index contributed by atoms with van der Waals surface area (Å²) in [5, 5.41) is 1.58. The molecule has 3 nitrogen and oxygen atoms in total. The maximum absolute atomic E-state index is 11.8. The Bertz CT molecular complexity index is 1870. The van der Waals surface area contributed by atoms with Crippen molar-refractivity contribution in [1.29, 1.82) is 0 Å². The van der Waals surface area contributed by atoms with E-state index in [-0.39, 0.29) is 50.2 Å². The number of nitrogens with zero attached hydrogens (tertiary/aromatic N) is 1. The van der Waals surface area contributed by atoms with Gasteiger partial charge in [0.2, 0.25) is 0 Å². The Morgan fingerprint density at radius 2 is 1.69 bits per heavy atom. The summed E-state index contributed by atoms with van der Waals surface area (Å²) in [4.78, 5) is 11.8. The quantitative estimate of drug-likeness (QED) is 0.221. The molecule has 11 unspecified atom stereocenters. The second-order valence-corrected chi connectivity index (χ2v) is 23.0. The monoisotopic (exact) mass is 708 g/mol. The number of fused-ring (bicyclic) bond motifs is 11. The first-order chi connectivity index (χ1) is 23.9. The van der Waals surface area contributed by atoms with Gasteiger partial charge in [0.25, 0.3) is 0 Å². The zero-order valence-electron chi connectivity index (χ0n) is 35.9. The van der Waals surface area contributed by atoms with Gasteiger partial charge in [0.1, 0.15) is 6.29 Å². The summed E-state index contributed by atoms with van der Waals surface area (Å²) in [6.45, 7) is 42.1. The van der Waals surface area contributed by atoms with Gasteiger partial charge in [0.05, 0.1) is 22.8 Å². The number of rotatable bonds is 6. The molecule has 1 aromatic carbocycles. The number of aromatic nitrogens is 1. The third kappa shape index (κ3) is 4.39. The van der Waals surface area contributed by atoms with Gasteiger partial charge < -0.3 is 14.1 Å². The number of allylic oxidation sites excluding steroid dienone is 1. The van der Waals surface area contributed by atoms with Crippen LogP contribution in [0.5, 0.6) is 0 Å². The minimum Gasteiger partial charge on any atom is -0.369 e. The Kier molecular flexibility index (Phi) is 7.78. The van der Waals surface area contributed by atoms with Crippen LogP contribution < -0.4 is 0 Å². The normalized spacial score (nSPS) is 41.1. The number of hydrogen-bond donors (Lipinski definition) is 0. The average molecular weight is 708 g/mol. The Hall–Kier alpha value is -1.87. The first-order valence-electron chi connectivity index (χ1n) is 21.4. The van der Waals surface area contributed by atoms with Crippen LogP contribution >= 0.6 is 0 Å². The van der Waals surface area contributed by atoms with Crippen LogP contribution in [-0.4, -0.2) is 22.1 Å². The molecule has 0 amide bonds. The van der Waals surface area contributed by atoms with Gasteiger partial charge >= 0.3 is 0 Å². The molecule has 2 saturated carbocycles. The van der Waals surface area contributed by atoms with Crippen LogP contribution in [0.3, 0.4) is 0 Å². The fraction of sp³-hybridized carbons (Fsp3) is 0.776. The first-order valence-corrected chi connectivity index (χ1v) is 21.4. The van der Waals surface area contributed by atoms with E-state index < -0.39 is 0 Å². The lowest BCUT2D eigenvalue weighted by Gasteiger charge is -2.68. The van der Waals surface area contributed by atoms with E-state index in [1.807, 2.05) is 0 Å². The van der Waals surface area contributed by atoms with Crippen molar-refractivity contribution >= 4 is 17.2 Å². The van der Waals surface area contributed by atoms with Gasteiger partial charge in [-0.15, -0.1) is 0 Å². The lowest BCUT2D eigenvalue weighted by Crippen LogP contribution is -2.63. The van der Waals surface area contributed by atoms with Crippen LogP contribution in [-0.2, 0) is 26.8 Å². The van der Waals surface area contributed by atoms with Crippen LogP contribution in [0.1, 0.15) is 195 Å². The molecule has 3 fully saturated rings. The van der Waals surface area contributed by atoms with Crippen LogP contribution in [0.15, 0.2) is 18.2 Å². The summed E-state index contributed by atoms with van der Waals surface area (Å²) in [5.41, 5.74) is 11.6. The minimum atomic E-state index is -0.174. The summed E-state index contributed by atoms with van der Waals surface area (Å²) >= 11 is 0. The van der Waals surface area contributed by atoms with Crippen molar-refractivity contribution in [3.05, 3.63) is 46.2 Å². The molecule has 0 N–H and O–H groups in total. The molecule has 0 bridgehead atoms. The Labute approximate surface area is 317 Å². The van der Waals surface area contributed by atoms with Gasteiger partial charge in [0.15, 0.2) is 0 Å². The van der Waals surface area contributed by atoms with Crippen molar-refractivity contribution < 1.29 is 9.53 Å². The van der Waals surface area contributed by atoms with E-state index in [0.717, 1.165) is 12.8 Å². The second-order valence-electron chi connectivity index (χ2n) is 23.0. The van der Waals surface area contributed by atoms with Crippen molar-refractivity contribution in [1.82, 2.24) is 4.57 Å². The molecular formula is C49H73NO2. The SMILES string of the molecule is C=C(C)C1n2c3c(c4cc5c(c(c42)C1(C)C)C(C)C1C5CC(C)(C)OC1(C)C)CC1CCC2C(C)(CC(C)CC(C)C=O)C(C)(C)CCC2(C)C31C. The maximum atomic E-state index is 11.8. The van der Waals surface area contributed by atoms with E-state index >= 15 is 0 Å². The first kappa shape index (κ1) is 37.1. The number of aldehydes is 1. The highest BCUT2D eigenvalue weighted by molar-refractivity contribution is 5.95. The standard InChI is InChI=1S/C49H73NO2/c1-27(2)41-45(10,11)39-37-30(5)38-35(25-44(8,9)52-46(38,12)13)32(37)23-33-34-22-31-17-18-36-47(14,49(31,16)42(34)50(41)40(33)39)20-19-43(6,7)48(36,15)24-28(3)21-29(4)26-51/h23,26,28-31,35-36,38,41H,1,17-22,24-25H2,2-16H3. The van der Waals surface area contributed by atoms with Crippen molar-refractivity contribution in [2.45, 2.75) is 195 Å². The third-order valence-electron chi connectivity index (χ3n) is 18.3. The van der Waals surface area contributed by atoms with E-state index in [0.29, 0.717) is 35.5 Å². The smallest absolute Gasteiger partial charge is 0.122 e. The van der Waals surface area contributed by atoms with E-state index in [1.54, 1.807) is 38.9 Å². The van der Waals surface area contributed by atoms with Crippen molar-refractivity contribution in [2.75, 3.05) is 0 Å². The fourth-order valence-corrected chi connectivity index (χ4v) is 16.3. The molecule has 286 valence electrons. The van der Waals surface area contributed by atoms with Gasteiger partial charge in [0, 0.05) is 33.7 Å². The highest BCUT2D eigenvalue weighted by Gasteiger charge is 2.69.